The highest BCUT2D eigenvalue weighted by atomic mass is 32.2. The molecule has 1 N–H and O–H groups in total. The van der Waals surface area contributed by atoms with Crippen LogP contribution in [0.15, 0.2) is 58.5 Å². The molecule has 0 bridgehead atoms. The molecule has 2 aliphatic heterocycles. The van der Waals surface area contributed by atoms with E-state index in [2.05, 4.69) is 10.3 Å². The minimum Gasteiger partial charge on any atom is -0.323 e. The third kappa shape index (κ3) is 3.99. The quantitative estimate of drug-likeness (QED) is 0.741. The second-order valence-electron chi connectivity index (χ2n) is 7.73. The summed E-state index contributed by atoms with van der Waals surface area (Å²) in [4.78, 5) is 36.5. The number of amidine groups is 2. The van der Waals surface area contributed by atoms with E-state index < -0.39 is 17.1 Å². The van der Waals surface area contributed by atoms with E-state index in [-0.39, 0.29) is 23.4 Å². The van der Waals surface area contributed by atoms with E-state index in [1.54, 1.807) is 12.1 Å². The van der Waals surface area contributed by atoms with Gasteiger partial charge in [-0.25, -0.2) is 9.38 Å². The van der Waals surface area contributed by atoms with Gasteiger partial charge in [-0.1, -0.05) is 56.8 Å². The van der Waals surface area contributed by atoms with Gasteiger partial charge >= 0.3 is 0 Å². The Morgan fingerprint density at radius 3 is 2.58 bits per heavy atom. The molecule has 2 aromatic carbocycles. The molecule has 0 aromatic heterocycles. The molecule has 2 amide bonds. The third-order valence-corrected chi connectivity index (χ3v) is 6.55. The molecule has 0 radical (unpaired) electrons. The van der Waals surface area contributed by atoms with Gasteiger partial charge in [0.2, 0.25) is 5.91 Å². The number of halogens is 1. The maximum absolute atomic E-state index is 14.0. The van der Waals surface area contributed by atoms with Crippen LogP contribution in [0.3, 0.4) is 0 Å². The zero-order chi connectivity index (χ0) is 22.1. The summed E-state index contributed by atoms with van der Waals surface area (Å²) < 4.78 is 14.0. The average Bonchev–Trinajstić information content (AvgIpc) is 3.11. The molecule has 4 rings (SSSR count). The van der Waals surface area contributed by atoms with Crippen LogP contribution in [-0.2, 0) is 9.59 Å². The van der Waals surface area contributed by atoms with Crippen LogP contribution in [0.2, 0.25) is 0 Å². The van der Waals surface area contributed by atoms with Crippen LogP contribution in [0.1, 0.15) is 32.8 Å². The molecule has 31 heavy (non-hydrogen) atoms. The number of nitrogens with one attached hydrogen (secondary N) is 1. The van der Waals surface area contributed by atoms with Crippen molar-refractivity contribution in [1.82, 2.24) is 4.90 Å². The van der Waals surface area contributed by atoms with Gasteiger partial charge in [-0.2, -0.15) is 4.99 Å². The van der Waals surface area contributed by atoms with Crippen molar-refractivity contribution in [3.63, 3.8) is 0 Å². The van der Waals surface area contributed by atoms with Crippen LogP contribution < -0.4 is 5.32 Å². The number of rotatable bonds is 5. The Kier molecular flexibility index (Phi) is 5.91. The van der Waals surface area contributed by atoms with Gasteiger partial charge in [-0.05, 0) is 36.6 Å². The lowest BCUT2D eigenvalue weighted by atomic mass is 10.0. The maximum atomic E-state index is 14.0. The summed E-state index contributed by atoms with van der Waals surface area (Å²) in [6.45, 7) is 5.82. The van der Waals surface area contributed by atoms with Crippen molar-refractivity contribution in [2.75, 3.05) is 5.32 Å². The monoisotopic (exact) mass is 438 g/mol. The minimum atomic E-state index is -0.520. The first kappa shape index (κ1) is 21.2. The average molecular weight is 439 g/mol. The molecule has 2 aliphatic rings. The summed E-state index contributed by atoms with van der Waals surface area (Å²) >= 11 is 1.27. The van der Waals surface area contributed by atoms with E-state index in [1.165, 1.54) is 23.9 Å². The molecule has 2 atom stereocenters. The molecule has 0 saturated heterocycles. The number of carbonyl (C=O) groups is 2. The Balaban J connectivity index is 1.66. The molecule has 2 aromatic rings. The molecule has 0 aliphatic carbocycles. The molecule has 160 valence electrons. The number of nitrogens with zero attached hydrogens (tertiary/aromatic N) is 3. The topological polar surface area (TPSA) is 74.1 Å². The van der Waals surface area contributed by atoms with Crippen LogP contribution in [0.4, 0.5) is 15.8 Å². The van der Waals surface area contributed by atoms with Gasteiger partial charge in [-0.15, -0.1) is 0 Å². The number of benzene rings is 2. The Hall–Kier alpha value is -3.00. The fourth-order valence-electron chi connectivity index (χ4n) is 3.67. The molecular weight excluding hydrogens is 415 g/mol. The summed E-state index contributed by atoms with van der Waals surface area (Å²) in [6.07, 6.45) is 0.506. The van der Waals surface area contributed by atoms with E-state index in [9.17, 15) is 14.0 Å². The lowest BCUT2D eigenvalue weighted by molar-refractivity contribution is -0.120. The van der Waals surface area contributed by atoms with Crippen molar-refractivity contribution in [1.29, 1.82) is 0 Å². The van der Waals surface area contributed by atoms with Gasteiger partial charge in [-0.3, -0.25) is 14.5 Å². The molecule has 8 heteroatoms. The first-order valence-electron chi connectivity index (χ1n) is 10.2. The van der Waals surface area contributed by atoms with Crippen LogP contribution in [0.25, 0.3) is 0 Å². The number of para-hydroxylation sites is 2. The first-order valence-corrected chi connectivity index (χ1v) is 11.1. The Morgan fingerprint density at radius 2 is 1.87 bits per heavy atom. The number of fused-ring (bicyclic) bond motifs is 3. The fourth-order valence-corrected chi connectivity index (χ4v) is 4.73. The normalized spacial score (nSPS) is 18.3. The zero-order valence-electron chi connectivity index (χ0n) is 17.5. The van der Waals surface area contributed by atoms with Crippen molar-refractivity contribution in [2.24, 2.45) is 15.9 Å². The molecule has 2 unspecified atom stereocenters. The van der Waals surface area contributed by atoms with Gasteiger partial charge < -0.3 is 5.32 Å². The molecule has 2 heterocycles. The predicted molar refractivity (Wildman–Crippen MR) is 122 cm³/mol. The van der Waals surface area contributed by atoms with Gasteiger partial charge in [0.25, 0.3) is 5.91 Å². The Labute approximate surface area is 184 Å². The highest BCUT2D eigenvalue weighted by Gasteiger charge is 2.44. The van der Waals surface area contributed by atoms with E-state index in [0.29, 0.717) is 23.1 Å². The van der Waals surface area contributed by atoms with E-state index in [4.69, 9.17) is 4.99 Å². The first-order chi connectivity index (χ1) is 14.9. The summed E-state index contributed by atoms with van der Waals surface area (Å²) in [7, 11) is 0. The Bertz CT molecular complexity index is 1100. The number of amides is 2. The molecule has 0 spiro atoms. The standard InChI is InChI=1S/C23H23FN4O2S/c1-4-18(21(29)25-17-12-8-6-10-15(17)24)31-23-26-16-11-7-5-9-14(16)20-27-22(30)19(13(2)3)28(20)23/h5-13,18-19H,4H2,1-3H3,(H,25,29). The second kappa shape index (κ2) is 8.63. The number of carbonyl (C=O) groups excluding carboxylic acids is 2. The highest BCUT2D eigenvalue weighted by Crippen LogP contribution is 2.37. The second-order valence-corrected chi connectivity index (χ2v) is 8.90. The highest BCUT2D eigenvalue weighted by molar-refractivity contribution is 8.15. The van der Waals surface area contributed by atoms with E-state index in [0.717, 1.165) is 5.56 Å². The van der Waals surface area contributed by atoms with Crippen molar-refractivity contribution in [2.45, 2.75) is 38.5 Å². The predicted octanol–water partition coefficient (Wildman–Crippen LogP) is 4.59. The smallest absolute Gasteiger partial charge is 0.271 e. The van der Waals surface area contributed by atoms with Crippen LogP contribution >= 0.6 is 11.8 Å². The number of hydrogen-bond acceptors (Lipinski definition) is 5. The van der Waals surface area contributed by atoms with Crippen LogP contribution in [0.5, 0.6) is 0 Å². The van der Waals surface area contributed by atoms with E-state index in [1.807, 2.05) is 49.9 Å². The van der Waals surface area contributed by atoms with Gasteiger partial charge in [0.05, 0.1) is 16.6 Å². The van der Waals surface area contributed by atoms with Crippen molar-refractivity contribution < 1.29 is 14.0 Å². The minimum absolute atomic E-state index is 0.0112. The maximum Gasteiger partial charge on any atom is 0.271 e. The third-order valence-electron chi connectivity index (χ3n) is 5.22. The summed E-state index contributed by atoms with van der Waals surface area (Å²) in [6, 6.07) is 13.1. The lowest BCUT2D eigenvalue weighted by Gasteiger charge is -2.33. The van der Waals surface area contributed by atoms with Gasteiger partial charge in [0, 0.05) is 5.56 Å². The van der Waals surface area contributed by atoms with Crippen LogP contribution in [-0.4, -0.2) is 39.0 Å². The fraction of sp³-hybridized carbons (Fsp3) is 0.304. The van der Waals surface area contributed by atoms with Crippen LogP contribution in [0, 0.1) is 11.7 Å². The number of hydrogen-bond donors (Lipinski definition) is 1. The zero-order valence-corrected chi connectivity index (χ0v) is 18.3. The molecule has 0 fully saturated rings. The summed E-state index contributed by atoms with van der Waals surface area (Å²) in [5.41, 5.74) is 1.65. The molecule has 0 saturated carbocycles. The molecule has 6 nitrogen and oxygen atoms in total. The largest absolute Gasteiger partial charge is 0.323 e. The lowest BCUT2D eigenvalue weighted by Crippen LogP contribution is -2.47. The number of anilines is 1. The van der Waals surface area contributed by atoms with Crippen molar-refractivity contribution in [3.8, 4) is 0 Å². The molecular formula is C23H23FN4O2S. The number of thioether (sulfide) groups is 1. The SMILES string of the molecule is CCC(SC1=Nc2ccccc2C2=NC(=O)C(C(C)C)N12)C(=O)Nc1ccccc1F. The van der Waals surface area contributed by atoms with Gasteiger partial charge in [0.1, 0.15) is 17.7 Å². The Morgan fingerprint density at radius 1 is 1.16 bits per heavy atom. The van der Waals surface area contributed by atoms with Gasteiger partial charge in [0.15, 0.2) is 5.17 Å². The summed E-state index contributed by atoms with van der Waals surface area (Å²) in [5.74, 6) is -0.430. The van der Waals surface area contributed by atoms with Crippen molar-refractivity contribution >= 4 is 46.0 Å². The summed E-state index contributed by atoms with van der Waals surface area (Å²) in [5, 5.41) is 2.70. The number of aliphatic imine (C=N–C) groups is 2. The van der Waals surface area contributed by atoms with E-state index >= 15 is 0 Å². The van der Waals surface area contributed by atoms with Crippen molar-refractivity contribution in [3.05, 3.63) is 59.9 Å².